The van der Waals surface area contributed by atoms with Crippen molar-refractivity contribution in [2.45, 2.75) is 19.8 Å². The monoisotopic (exact) mass is 311 g/mol. The molecule has 0 aromatic heterocycles. The molecule has 0 aliphatic heterocycles. The fraction of sp³-hybridized carbons (Fsp3) is 0.263. The number of benzene rings is 2. The lowest BCUT2D eigenvalue weighted by Gasteiger charge is -2.22. The van der Waals surface area contributed by atoms with Crippen molar-refractivity contribution < 1.29 is 13.9 Å². The quantitative estimate of drug-likeness (QED) is 0.785. The van der Waals surface area contributed by atoms with E-state index in [9.17, 15) is 14.4 Å². The van der Waals surface area contributed by atoms with Gasteiger partial charge in [0, 0.05) is 5.92 Å². The van der Waals surface area contributed by atoms with E-state index in [-0.39, 0.29) is 12.4 Å². The van der Waals surface area contributed by atoms with E-state index in [4.69, 9.17) is 4.74 Å². The number of hydrogen-bond acceptors (Lipinski definition) is 3. The van der Waals surface area contributed by atoms with E-state index in [1.165, 1.54) is 12.1 Å². The van der Waals surface area contributed by atoms with E-state index >= 15 is 0 Å². The summed E-state index contributed by atoms with van der Waals surface area (Å²) in [7, 11) is 0. The Morgan fingerprint density at radius 3 is 2.13 bits per heavy atom. The van der Waals surface area contributed by atoms with Crippen LogP contribution in [-0.4, -0.2) is 12.6 Å². The predicted molar refractivity (Wildman–Crippen MR) is 85.2 cm³/mol. The number of nitriles is 1. The van der Waals surface area contributed by atoms with Gasteiger partial charge >= 0.3 is 5.97 Å². The number of halogens is 1. The number of esters is 1. The highest BCUT2D eigenvalue weighted by Crippen LogP contribution is 2.33. The van der Waals surface area contributed by atoms with Crippen LogP contribution in [0.4, 0.5) is 4.39 Å². The first-order valence-electron chi connectivity index (χ1n) is 7.45. The fourth-order valence-electron chi connectivity index (χ4n) is 2.52. The van der Waals surface area contributed by atoms with Crippen LogP contribution in [0, 0.1) is 30.0 Å². The lowest BCUT2D eigenvalue weighted by atomic mass is 9.81. The summed E-state index contributed by atoms with van der Waals surface area (Å²) < 4.78 is 18.2. The van der Waals surface area contributed by atoms with Crippen LogP contribution in [-0.2, 0) is 9.53 Å². The molecule has 0 saturated heterocycles. The Hall–Kier alpha value is -2.67. The van der Waals surface area contributed by atoms with Crippen LogP contribution in [0.25, 0.3) is 0 Å². The molecule has 4 heteroatoms. The van der Waals surface area contributed by atoms with Crippen LogP contribution in [0.2, 0.25) is 0 Å². The first-order chi connectivity index (χ1) is 11.1. The Balaban J connectivity index is 2.50. The maximum absolute atomic E-state index is 13.2. The molecule has 2 unspecified atom stereocenters. The third-order valence-electron chi connectivity index (χ3n) is 3.68. The van der Waals surface area contributed by atoms with Gasteiger partial charge in [-0.25, -0.2) is 4.39 Å². The van der Waals surface area contributed by atoms with Crippen LogP contribution in [0.15, 0.2) is 48.5 Å². The fourth-order valence-corrected chi connectivity index (χ4v) is 2.52. The van der Waals surface area contributed by atoms with Crippen LogP contribution < -0.4 is 0 Å². The molecule has 0 aliphatic rings. The van der Waals surface area contributed by atoms with Crippen molar-refractivity contribution in [2.24, 2.45) is 5.92 Å². The van der Waals surface area contributed by atoms with Gasteiger partial charge in [-0.2, -0.15) is 5.26 Å². The van der Waals surface area contributed by atoms with Gasteiger partial charge in [-0.05, 0) is 37.1 Å². The van der Waals surface area contributed by atoms with Crippen LogP contribution in [0.1, 0.15) is 29.5 Å². The normalized spacial score (nSPS) is 13.0. The Bertz CT molecular complexity index is 656. The Kier molecular flexibility index (Phi) is 5.48. The summed E-state index contributed by atoms with van der Waals surface area (Å²) in [6, 6.07) is 15.5. The number of carbonyl (C=O) groups is 1. The minimum Gasteiger partial charge on any atom is -0.465 e. The smallest absolute Gasteiger partial charge is 0.324 e. The first kappa shape index (κ1) is 16.7. The van der Waals surface area contributed by atoms with Crippen molar-refractivity contribution >= 4 is 5.97 Å². The molecule has 0 heterocycles. The van der Waals surface area contributed by atoms with Crippen molar-refractivity contribution in [1.82, 2.24) is 0 Å². The Morgan fingerprint density at radius 2 is 1.65 bits per heavy atom. The second-order valence-electron chi connectivity index (χ2n) is 5.30. The second kappa shape index (κ2) is 7.55. The summed E-state index contributed by atoms with van der Waals surface area (Å²) in [5.74, 6) is -2.41. The highest BCUT2D eigenvalue weighted by atomic mass is 19.1. The molecule has 0 spiro atoms. The maximum Gasteiger partial charge on any atom is 0.324 e. The molecular weight excluding hydrogens is 293 g/mol. The van der Waals surface area contributed by atoms with Crippen LogP contribution in [0.3, 0.4) is 0 Å². The van der Waals surface area contributed by atoms with Gasteiger partial charge in [-0.15, -0.1) is 0 Å². The molecule has 3 nitrogen and oxygen atoms in total. The van der Waals surface area contributed by atoms with Gasteiger partial charge in [-0.1, -0.05) is 42.0 Å². The molecule has 0 bridgehead atoms. The zero-order valence-corrected chi connectivity index (χ0v) is 13.1. The van der Waals surface area contributed by atoms with Crippen LogP contribution >= 0.6 is 0 Å². The molecular formula is C19H18FNO2. The summed E-state index contributed by atoms with van der Waals surface area (Å²) in [6.07, 6.45) is 0. The topological polar surface area (TPSA) is 50.1 Å². The minimum atomic E-state index is -0.983. The van der Waals surface area contributed by atoms with Gasteiger partial charge in [0.1, 0.15) is 5.82 Å². The van der Waals surface area contributed by atoms with Crippen molar-refractivity contribution in [2.75, 3.05) is 6.61 Å². The number of carbonyl (C=O) groups excluding carboxylic acids is 1. The molecule has 0 fully saturated rings. The molecule has 0 aliphatic carbocycles. The molecule has 0 N–H and O–H groups in total. The maximum atomic E-state index is 13.2. The van der Waals surface area contributed by atoms with E-state index in [2.05, 4.69) is 0 Å². The lowest BCUT2D eigenvalue weighted by Crippen LogP contribution is -2.24. The number of aryl methyl sites for hydroxylation is 1. The Morgan fingerprint density at radius 1 is 1.13 bits per heavy atom. The lowest BCUT2D eigenvalue weighted by molar-refractivity contribution is -0.146. The number of nitrogens with zero attached hydrogens (tertiary/aromatic N) is 1. The van der Waals surface area contributed by atoms with Gasteiger partial charge in [-0.3, -0.25) is 4.79 Å². The van der Waals surface area contributed by atoms with Crippen LogP contribution in [0.5, 0.6) is 0 Å². The third-order valence-corrected chi connectivity index (χ3v) is 3.68. The molecule has 2 aromatic carbocycles. The van der Waals surface area contributed by atoms with Gasteiger partial charge in [0.05, 0.1) is 12.7 Å². The summed E-state index contributed by atoms with van der Waals surface area (Å²) in [4.78, 5) is 12.2. The average molecular weight is 311 g/mol. The van der Waals surface area contributed by atoms with Crippen molar-refractivity contribution in [3.63, 3.8) is 0 Å². The Labute approximate surface area is 135 Å². The highest BCUT2D eigenvalue weighted by Gasteiger charge is 2.32. The summed E-state index contributed by atoms with van der Waals surface area (Å²) in [5.41, 5.74) is 2.60. The van der Waals surface area contributed by atoms with Gasteiger partial charge in [0.25, 0.3) is 0 Å². The molecule has 0 radical (unpaired) electrons. The zero-order chi connectivity index (χ0) is 16.8. The number of rotatable bonds is 5. The largest absolute Gasteiger partial charge is 0.465 e. The number of ether oxygens (including phenoxy) is 1. The van der Waals surface area contributed by atoms with E-state index in [1.807, 2.05) is 37.3 Å². The SMILES string of the molecule is CCOC(=O)C(C#N)C(c1ccc(C)cc1)c1ccc(F)cc1. The standard InChI is InChI=1S/C19H18FNO2/c1-3-23-19(22)17(12-21)18(14-6-4-13(2)5-7-14)15-8-10-16(20)11-9-15/h4-11,17-18H,3H2,1-2H3. The third kappa shape index (κ3) is 3.95. The molecule has 2 atom stereocenters. The molecule has 118 valence electrons. The van der Waals surface area contributed by atoms with Gasteiger partial charge < -0.3 is 4.74 Å². The molecule has 2 rings (SSSR count). The minimum absolute atomic E-state index is 0.209. The van der Waals surface area contributed by atoms with Crippen molar-refractivity contribution in [3.05, 3.63) is 71.0 Å². The van der Waals surface area contributed by atoms with E-state index in [0.29, 0.717) is 5.56 Å². The van der Waals surface area contributed by atoms with Gasteiger partial charge in [0.2, 0.25) is 0 Å². The van der Waals surface area contributed by atoms with E-state index < -0.39 is 17.8 Å². The second-order valence-corrected chi connectivity index (χ2v) is 5.30. The molecule has 23 heavy (non-hydrogen) atoms. The molecule has 0 amide bonds. The summed E-state index contributed by atoms with van der Waals surface area (Å²) in [5, 5.41) is 9.50. The van der Waals surface area contributed by atoms with Crippen molar-refractivity contribution in [1.29, 1.82) is 5.26 Å². The van der Waals surface area contributed by atoms with Crippen molar-refractivity contribution in [3.8, 4) is 6.07 Å². The molecule has 0 saturated carbocycles. The average Bonchev–Trinajstić information content (AvgIpc) is 2.55. The first-order valence-corrected chi connectivity index (χ1v) is 7.45. The highest BCUT2D eigenvalue weighted by molar-refractivity contribution is 5.77. The summed E-state index contributed by atoms with van der Waals surface area (Å²) >= 11 is 0. The van der Waals surface area contributed by atoms with E-state index in [0.717, 1.165) is 11.1 Å². The summed E-state index contributed by atoms with van der Waals surface area (Å²) in [6.45, 7) is 3.87. The number of hydrogen-bond donors (Lipinski definition) is 0. The van der Waals surface area contributed by atoms with Gasteiger partial charge in [0.15, 0.2) is 5.92 Å². The predicted octanol–water partition coefficient (Wildman–Crippen LogP) is 3.97. The zero-order valence-electron chi connectivity index (χ0n) is 13.1. The molecule has 2 aromatic rings. The van der Waals surface area contributed by atoms with E-state index in [1.54, 1.807) is 19.1 Å².